The van der Waals surface area contributed by atoms with E-state index in [4.69, 9.17) is 4.74 Å². The van der Waals surface area contributed by atoms with E-state index in [0.29, 0.717) is 24.1 Å². The number of fused-ring (bicyclic) bond motifs is 1. The van der Waals surface area contributed by atoms with Crippen molar-refractivity contribution in [1.82, 2.24) is 29.7 Å². The Bertz CT molecular complexity index is 1330. The largest absolute Gasteiger partial charge is 0.444 e. The predicted octanol–water partition coefficient (Wildman–Crippen LogP) is 2.26. The van der Waals surface area contributed by atoms with Gasteiger partial charge in [-0.25, -0.2) is 14.6 Å². The zero-order valence-corrected chi connectivity index (χ0v) is 21.4. The lowest BCUT2D eigenvalue weighted by molar-refractivity contribution is -0.123. The third-order valence-electron chi connectivity index (χ3n) is 5.51. The smallest absolute Gasteiger partial charge is 0.408 e. The number of nitrogens with one attached hydrogen (secondary N) is 3. The van der Waals surface area contributed by atoms with Crippen LogP contribution in [0.15, 0.2) is 40.2 Å². The summed E-state index contributed by atoms with van der Waals surface area (Å²) in [6.07, 6.45) is 2.12. The van der Waals surface area contributed by atoms with Crippen LogP contribution < -0.4 is 21.9 Å². The number of H-pyrrole nitrogens is 1. The molecule has 0 saturated carbocycles. The number of nitrogens with zero attached hydrogens (tertiary/aromatic N) is 3. The standard InChI is InChI=1S/C25H34N6O5/c1-6-8-18(28-24(35)36-25(3,4)5)21(32)26-13-16-9-11-17(12-10-16)14-31-20-19(22(33)29-23(31)34)30(7-2)15-27-20/h9-12,15,18H,6-8,13-14H2,1-5H3,(H,26,32)(H,28,35)(H,29,33,34)/t18-/m0/s1. The maximum atomic E-state index is 12.7. The van der Waals surface area contributed by atoms with Crippen molar-refractivity contribution in [3.63, 3.8) is 0 Å². The van der Waals surface area contributed by atoms with Gasteiger partial charge in [0, 0.05) is 13.1 Å². The minimum Gasteiger partial charge on any atom is -0.444 e. The molecule has 1 aromatic carbocycles. The van der Waals surface area contributed by atoms with Gasteiger partial charge in [0.05, 0.1) is 12.9 Å². The van der Waals surface area contributed by atoms with E-state index in [1.165, 1.54) is 4.57 Å². The average molecular weight is 499 g/mol. The van der Waals surface area contributed by atoms with Crippen molar-refractivity contribution < 1.29 is 14.3 Å². The first kappa shape index (κ1) is 26.7. The van der Waals surface area contributed by atoms with Crippen LogP contribution in [-0.4, -0.2) is 42.7 Å². The molecule has 0 fully saturated rings. The lowest BCUT2D eigenvalue weighted by Crippen LogP contribution is -2.47. The highest BCUT2D eigenvalue weighted by Gasteiger charge is 2.23. The molecule has 3 rings (SSSR count). The van der Waals surface area contributed by atoms with Gasteiger partial charge in [0.1, 0.15) is 11.6 Å². The number of carbonyl (C=O) groups excluding carboxylic acids is 2. The molecule has 2 amide bonds. The zero-order chi connectivity index (χ0) is 26.5. The van der Waals surface area contributed by atoms with Gasteiger partial charge >= 0.3 is 11.8 Å². The van der Waals surface area contributed by atoms with E-state index in [1.54, 1.807) is 31.7 Å². The molecule has 3 N–H and O–H groups in total. The van der Waals surface area contributed by atoms with Crippen LogP contribution in [-0.2, 0) is 29.2 Å². The van der Waals surface area contributed by atoms with Crippen molar-refractivity contribution in [2.24, 2.45) is 0 Å². The second-order valence-corrected chi connectivity index (χ2v) is 9.57. The molecule has 11 nitrogen and oxygen atoms in total. The van der Waals surface area contributed by atoms with Crippen LogP contribution >= 0.6 is 0 Å². The summed E-state index contributed by atoms with van der Waals surface area (Å²) in [7, 11) is 0. The Morgan fingerprint density at radius 1 is 1.11 bits per heavy atom. The highest BCUT2D eigenvalue weighted by Crippen LogP contribution is 2.11. The first-order chi connectivity index (χ1) is 17.0. The molecule has 0 aliphatic rings. The van der Waals surface area contributed by atoms with Gasteiger partial charge in [-0.2, -0.15) is 0 Å². The summed E-state index contributed by atoms with van der Waals surface area (Å²) in [4.78, 5) is 56.1. The molecule has 0 saturated heterocycles. The molecule has 0 spiro atoms. The Hall–Kier alpha value is -3.89. The minimum atomic E-state index is -0.693. The molecular formula is C25H34N6O5. The summed E-state index contributed by atoms with van der Waals surface area (Å²) < 4.78 is 8.38. The third-order valence-corrected chi connectivity index (χ3v) is 5.51. The van der Waals surface area contributed by atoms with E-state index in [-0.39, 0.29) is 19.0 Å². The normalized spacial score (nSPS) is 12.4. The average Bonchev–Trinajstić information content (AvgIpc) is 3.24. The van der Waals surface area contributed by atoms with Gasteiger partial charge in [0.2, 0.25) is 5.91 Å². The number of imidazole rings is 1. The van der Waals surface area contributed by atoms with Gasteiger partial charge in [0.25, 0.3) is 5.56 Å². The first-order valence-electron chi connectivity index (χ1n) is 12.0. The summed E-state index contributed by atoms with van der Waals surface area (Å²) in [5, 5.41) is 5.49. The molecule has 1 atom stereocenters. The molecule has 11 heteroatoms. The van der Waals surface area contributed by atoms with E-state index < -0.39 is 29.0 Å². The fraction of sp³-hybridized carbons (Fsp3) is 0.480. The second kappa shape index (κ2) is 11.2. The molecular weight excluding hydrogens is 464 g/mol. The highest BCUT2D eigenvalue weighted by molar-refractivity contribution is 5.85. The van der Waals surface area contributed by atoms with Crippen LogP contribution in [0.2, 0.25) is 0 Å². The van der Waals surface area contributed by atoms with Crippen LogP contribution in [0.4, 0.5) is 4.79 Å². The minimum absolute atomic E-state index is 0.234. The number of aryl methyl sites for hydroxylation is 1. The zero-order valence-electron chi connectivity index (χ0n) is 21.4. The second-order valence-electron chi connectivity index (χ2n) is 9.57. The molecule has 2 aromatic heterocycles. The number of rotatable bonds is 9. The number of alkyl carbamates (subject to hydrolysis) is 1. The van der Waals surface area contributed by atoms with Crippen molar-refractivity contribution >= 4 is 23.2 Å². The Balaban J connectivity index is 1.65. The van der Waals surface area contributed by atoms with Crippen molar-refractivity contribution in [2.45, 2.75) is 78.7 Å². The van der Waals surface area contributed by atoms with Gasteiger partial charge in [-0.1, -0.05) is 37.6 Å². The number of hydrogen-bond donors (Lipinski definition) is 3. The number of hydrogen-bond acceptors (Lipinski definition) is 6. The van der Waals surface area contributed by atoms with Gasteiger partial charge in [-0.3, -0.25) is 19.1 Å². The summed E-state index contributed by atoms with van der Waals surface area (Å²) in [6, 6.07) is 6.71. The lowest BCUT2D eigenvalue weighted by atomic mass is 10.1. The maximum Gasteiger partial charge on any atom is 0.408 e. The van der Waals surface area contributed by atoms with E-state index in [1.807, 2.05) is 38.1 Å². The Labute approximate surface area is 208 Å². The lowest BCUT2D eigenvalue weighted by Gasteiger charge is -2.23. The number of carbonyl (C=O) groups is 2. The van der Waals surface area contributed by atoms with Crippen molar-refractivity contribution in [1.29, 1.82) is 0 Å². The van der Waals surface area contributed by atoms with E-state index >= 15 is 0 Å². The van der Waals surface area contributed by atoms with E-state index in [0.717, 1.165) is 17.5 Å². The highest BCUT2D eigenvalue weighted by atomic mass is 16.6. The summed E-state index contributed by atoms with van der Waals surface area (Å²) in [5.41, 5.74) is 0.750. The SMILES string of the molecule is CCC[C@H](NC(=O)OC(C)(C)C)C(=O)NCc1ccc(Cn2c(=O)[nH]c(=O)c3c2ncn3CC)cc1. The van der Waals surface area contributed by atoms with Crippen LogP contribution in [0, 0.1) is 0 Å². The Kier molecular flexibility index (Phi) is 8.33. The number of benzene rings is 1. The van der Waals surface area contributed by atoms with Crippen molar-refractivity contribution in [3.8, 4) is 0 Å². The van der Waals surface area contributed by atoms with Crippen molar-refractivity contribution in [3.05, 3.63) is 62.6 Å². The summed E-state index contributed by atoms with van der Waals surface area (Å²) in [5.74, 6) is -0.291. The Morgan fingerprint density at radius 2 is 1.78 bits per heavy atom. The third kappa shape index (κ3) is 6.61. The Morgan fingerprint density at radius 3 is 2.39 bits per heavy atom. The van der Waals surface area contributed by atoms with Gasteiger partial charge < -0.3 is 19.9 Å². The van der Waals surface area contributed by atoms with E-state index in [9.17, 15) is 19.2 Å². The van der Waals surface area contributed by atoms with Crippen LogP contribution in [0.3, 0.4) is 0 Å². The molecule has 0 unspecified atom stereocenters. The fourth-order valence-electron chi connectivity index (χ4n) is 3.77. The van der Waals surface area contributed by atoms with Gasteiger partial charge in [-0.15, -0.1) is 0 Å². The molecule has 2 heterocycles. The number of amides is 2. The number of aromatic nitrogens is 4. The maximum absolute atomic E-state index is 12.7. The molecule has 0 radical (unpaired) electrons. The molecule has 0 aliphatic carbocycles. The van der Waals surface area contributed by atoms with Crippen LogP contribution in [0.25, 0.3) is 11.2 Å². The van der Waals surface area contributed by atoms with Gasteiger partial charge in [0.15, 0.2) is 11.2 Å². The van der Waals surface area contributed by atoms with Crippen LogP contribution in [0.5, 0.6) is 0 Å². The molecule has 194 valence electrons. The molecule has 36 heavy (non-hydrogen) atoms. The van der Waals surface area contributed by atoms with Crippen molar-refractivity contribution in [2.75, 3.05) is 0 Å². The summed E-state index contributed by atoms with van der Waals surface area (Å²) in [6.45, 7) is 10.2. The monoisotopic (exact) mass is 498 g/mol. The van der Waals surface area contributed by atoms with Crippen LogP contribution in [0.1, 0.15) is 58.6 Å². The molecule has 3 aromatic rings. The predicted molar refractivity (Wildman–Crippen MR) is 136 cm³/mol. The van der Waals surface area contributed by atoms with E-state index in [2.05, 4.69) is 20.6 Å². The topological polar surface area (TPSA) is 140 Å². The number of ether oxygens (including phenoxy) is 1. The quantitative estimate of drug-likeness (QED) is 0.413. The molecule has 0 bridgehead atoms. The number of aromatic amines is 1. The first-order valence-corrected chi connectivity index (χ1v) is 12.0. The molecule has 0 aliphatic heterocycles. The fourth-order valence-corrected chi connectivity index (χ4v) is 3.77. The van der Waals surface area contributed by atoms with Gasteiger partial charge in [-0.05, 0) is 45.2 Å². The summed E-state index contributed by atoms with van der Waals surface area (Å²) >= 11 is 0.